The molecule has 0 aromatic carbocycles. The zero-order valence-electron chi connectivity index (χ0n) is 17.0. The number of allylic oxidation sites excluding steroid dienone is 1. The first-order valence-electron chi connectivity index (χ1n) is 9.96. The molecular weight excluding hydrogens is 383 g/mol. The van der Waals surface area contributed by atoms with Gasteiger partial charge in [-0.3, -0.25) is 9.78 Å². The molecule has 0 saturated carbocycles. The number of fused-ring (bicyclic) bond motifs is 2. The summed E-state index contributed by atoms with van der Waals surface area (Å²) >= 11 is 0. The Bertz CT molecular complexity index is 1080. The highest BCUT2D eigenvalue weighted by Gasteiger charge is 2.30. The van der Waals surface area contributed by atoms with Crippen LogP contribution in [0, 0.1) is 13.8 Å². The van der Waals surface area contributed by atoms with Crippen molar-refractivity contribution in [3.05, 3.63) is 59.5 Å². The van der Waals surface area contributed by atoms with Crippen LogP contribution in [0.2, 0.25) is 0 Å². The normalized spacial score (nSPS) is 23.6. The third-order valence-electron chi connectivity index (χ3n) is 5.75. The fraction of sp³-hybridized carbons (Fsp3) is 0.381. The van der Waals surface area contributed by atoms with E-state index in [0.29, 0.717) is 8.58 Å². The van der Waals surface area contributed by atoms with E-state index in [1.54, 1.807) is 6.08 Å². The van der Waals surface area contributed by atoms with Gasteiger partial charge in [0.25, 0.3) is 5.91 Å². The van der Waals surface area contributed by atoms with Gasteiger partial charge < -0.3 is 14.7 Å². The number of likely N-dealkylation sites (N-methyl/N-ethyl adjacent to an activating group) is 1. The molecule has 29 heavy (non-hydrogen) atoms. The summed E-state index contributed by atoms with van der Waals surface area (Å²) in [6.07, 6.45) is 10.1. The van der Waals surface area contributed by atoms with Crippen molar-refractivity contribution in [2.75, 3.05) is 33.2 Å². The van der Waals surface area contributed by atoms with Gasteiger partial charge in [-0.15, -0.1) is 0 Å². The van der Waals surface area contributed by atoms with Crippen LogP contribution in [-0.4, -0.2) is 74.2 Å². The van der Waals surface area contributed by atoms with Crippen molar-refractivity contribution in [3.8, 4) is 0 Å². The number of hydrogen-bond acceptors (Lipinski definition) is 5. The molecule has 3 aliphatic heterocycles. The summed E-state index contributed by atoms with van der Waals surface area (Å²) in [6.45, 7) is 8.06. The van der Waals surface area contributed by atoms with Gasteiger partial charge in [0.1, 0.15) is 0 Å². The number of hydrogen-bond donors (Lipinski definition) is 0. The van der Waals surface area contributed by atoms with Gasteiger partial charge in [-0.25, -0.2) is 4.52 Å². The number of nitrogens with zero attached hydrogens (tertiary/aromatic N) is 6. The van der Waals surface area contributed by atoms with Gasteiger partial charge in [0.05, 0.1) is 40.3 Å². The van der Waals surface area contributed by atoms with E-state index in [9.17, 15) is 4.79 Å². The monoisotopic (exact) mass is 408 g/mol. The molecule has 3 aliphatic rings. The second kappa shape index (κ2) is 7.08. The molecule has 2 aromatic heterocycles. The Morgan fingerprint density at radius 2 is 1.97 bits per heavy atom. The van der Waals surface area contributed by atoms with Crippen LogP contribution in [0.1, 0.15) is 17.1 Å². The molecule has 7 nitrogen and oxygen atoms in total. The SMILES string of the molecule is Cc1cn2nc(C3=CC(=O)N4C=C(N5CCN(C)CC5)C=CC4P3)cc2c(C)n1. The Morgan fingerprint density at radius 1 is 1.17 bits per heavy atom. The van der Waals surface area contributed by atoms with Crippen LogP contribution < -0.4 is 0 Å². The second-order valence-corrected chi connectivity index (χ2v) is 9.34. The highest BCUT2D eigenvalue weighted by Crippen LogP contribution is 2.44. The molecule has 5 rings (SSSR count). The summed E-state index contributed by atoms with van der Waals surface area (Å²) in [6, 6.07) is 2.04. The van der Waals surface area contributed by atoms with Crippen molar-refractivity contribution in [1.29, 1.82) is 0 Å². The first-order chi connectivity index (χ1) is 14.0. The summed E-state index contributed by atoms with van der Waals surface area (Å²) in [5.74, 6) is 0.104. The Morgan fingerprint density at radius 3 is 2.76 bits per heavy atom. The minimum absolute atomic E-state index is 0.0304. The van der Waals surface area contributed by atoms with Crippen molar-refractivity contribution < 1.29 is 4.79 Å². The predicted octanol–water partition coefficient (Wildman–Crippen LogP) is 2.19. The Kier molecular flexibility index (Phi) is 4.52. The van der Waals surface area contributed by atoms with E-state index in [0.717, 1.165) is 59.8 Å². The fourth-order valence-corrected chi connectivity index (χ4v) is 5.42. The zero-order chi connectivity index (χ0) is 20.1. The average molecular weight is 408 g/mol. The summed E-state index contributed by atoms with van der Waals surface area (Å²) in [7, 11) is 2.62. The number of carbonyl (C=O) groups excluding carboxylic acids is 1. The van der Waals surface area contributed by atoms with Crippen molar-refractivity contribution in [2.45, 2.75) is 19.6 Å². The molecule has 5 heterocycles. The lowest BCUT2D eigenvalue weighted by Crippen LogP contribution is -2.45. The molecule has 150 valence electrons. The summed E-state index contributed by atoms with van der Waals surface area (Å²) in [4.78, 5) is 24.0. The molecule has 0 N–H and O–H groups in total. The van der Waals surface area contributed by atoms with E-state index >= 15 is 0 Å². The maximum atomic E-state index is 12.9. The molecular formula is C21H25N6OP. The van der Waals surface area contributed by atoms with Crippen molar-refractivity contribution >= 4 is 25.3 Å². The number of rotatable bonds is 2. The van der Waals surface area contributed by atoms with Crippen LogP contribution >= 0.6 is 8.58 Å². The molecule has 0 aliphatic carbocycles. The maximum absolute atomic E-state index is 12.9. The van der Waals surface area contributed by atoms with Crippen LogP contribution in [0.5, 0.6) is 0 Å². The zero-order valence-corrected chi connectivity index (χ0v) is 18.0. The molecule has 2 aromatic rings. The summed E-state index contributed by atoms with van der Waals surface area (Å²) in [5.41, 5.74) is 4.88. The molecule has 1 fully saturated rings. The standard InChI is InChI=1S/C21H25N6OP/c1-14-12-27-18(15(2)22-14)10-17(23-27)19-11-20(28)26-13-16(4-5-21(26)29-19)25-8-6-24(3)7-9-25/h4-5,10-13,21,29H,6-9H2,1-3H3. The van der Waals surface area contributed by atoms with Crippen LogP contribution in [0.25, 0.3) is 10.8 Å². The number of aromatic nitrogens is 3. The number of amides is 1. The van der Waals surface area contributed by atoms with E-state index in [2.05, 4.69) is 34.0 Å². The Labute approximate surface area is 172 Å². The van der Waals surface area contributed by atoms with E-state index in [4.69, 9.17) is 5.10 Å². The van der Waals surface area contributed by atoms with Gasteiger partial charge in [-0.05, 0) is 33.0 Å². The Balaban J connectivity index is 1.41. The summed E-state index contributed by atoms with van der Waals surface area (Å²) in [5, 5.41) is 5.73. The predicted molar refractivity (Wildman–Crippen MR) is 116 cm³/mol. The first-order valence-corrected chi connectivity index (χ1v) is 11.0. The third-order valence-corrected chi connectivity index (χ3v) is 7.23. The van der Waals surface area contributed by atoms with Crippen LogP contribution in [0.3, 0.4) is 0 Å². The van der Waals surface area contributed by atoms with E-state index < -0.39 is 0 Å². The van der Waals surface area contributed by atoms with Crippen molar-refractivity contribution in [1.82, 2.24) is 29.3 Å². The quantitative estimate of drug-likeness (QED) is 0.713. The molecule has 2 atom stereocenters. The summed E-state index contributed by atoms with van der Waals surface area (Å²) < 4.78 is 1.87. The van der Waals surface area contributed by atoms with E-state index in [-0.39, 0.29) is 11.7 Å². The Hall–Kier alpha value is -2.50. The lowest BCUT2D eigenvalue weighted by atomic mass is 10.2. The minimum atomic E-state index is 0.0304. The van der Waals surface area contributed by atoms with Gasteiger partial charge in [-0.1, -0.05) is 14.7 Å². The lowest BCUT2D eigenvalue weighted by Gasteiger charge is -2.39. The van der Waals surface area contributed by atoms with Gasteiger partial charge >= 0.3 is 0 Å². The van der Waals surface area contributed by atoms with Crippen molar-refractivity contribution in [3.63, 3.8) is 0 Å². The van der Waals surface area contributed by atoms with Gasteiger partial charge in [0.2, 0.25) is 0 Å². The van der Waals surface area contributed by atoms with E-state index in [1.807, 2.05) is 41.7 Å². The van der Waals surface area contributed by atoms with Gasteiger partial charge in [0, 0.05) is 43.8 Å². The largest absolute Gasteiger partial charge is 0.368 e. The first kappa shape index (κ1) is 18.5. The smallest absolute Gasteiger partial charge is 0.252 e. The van der Waals surface area contributed by atoms with Crippen molar-refractivity contribution in [2.24, 2.45) is 0 Å². The molecule has 0 spiro atoms. The maximum Gasteiger partial charge on any atom is 0.252 e. The average Bonchev–Trinajstić information content (AvgIpc) is 3.13. The van der Waals surface area contributed by atoms with Crippen LogP contribution in [0.15, 0.2) is 42.4 Å². The molecule has 0 radical (unpaired) electrons. The number of aryl methyl sites for hydroxylation is 2. The molecule has 1 amide bonds. The molecule has 8 heteroatoms. The minimum Gasteiger partial charge on any atom is -0.368 e. The lowest BCUT2D eigenvalue weighted by molar-refractivity contribution is -0.123. The van der Waals surface area contributed by atoms with Crippen LogP contribution in [-0.2, 0) is 4.79 Å². The van der Waals surface area contributed by atoms with E-state index in [1.165, 1.54) is 0 Å². The van der Waals surface area contributed by atoms with Crippen LogP contribution in [0.4, 0.5) is 0 Å². The third kappa shape index (κ3) is 3.38. The van der Waals surface area contributed by atoms with Gasteiger partial charge in [0.15, 0.2) is 0 Å². The molecule has 1 saturated heterocycles. The second-order valence-electron chi connectivity index (χ2n) is 7.92. The topological polar surface area (TPSA) is 57.0 Å². The highest BCUT2D eigenvalue weighted by atomic mass is 31.1. The molecule has 0 bridgehead atoms. The number of piperazine rings is 1. The fourth-order valence-electron chi connectivity index (χ4n) is 4.09. The van der Waals surface area contributed by atoms with Gasteiger partial charge in [-0.2, -0.15) is 5.10 Å². The number of carbonyl (C=O) groups is 1. The molecule has 2 unspecified atom stereocenters. The highest BCUT2D eigenvalue weighted by molar-refractivity contribution is 7.51.